The minimum Gasteiger partial charge on any atom is -0.487 e. The third kappa shape index (κ3) is 3.40. The van der Waals surface area contributed by atoms with Crippen molar-refractivity contribution in [3.63, 3.8) is 0 Å². The second-order valence-electron chi connectivity index (χ2n) is 5.38. The van der Waals surface area contributed by atoms with Crippen LogP contribution in [-0.2, 0) is 6.42 Å². The normalized spacial score (nSPS) is 18.7. The van der Waals surface area contributed by atoms with Crippen molar-refractivity contribution >= 4 is 11.8 Å². The summed E-state index contributed by atoms with van der Waals surface area (Å²) in [7, 11) is 0. The molecule has 1 heterocycles. The molecule has 2 aromatic carbocycles. The molecule has 2 aromatic rings. The first-order valence-corrected chi connectivity index (χ1v) is 8.15. The van der Waals surface area contributed by atoms with Gasteiger partial charge in [0.05, 0.1) is 6.04 Å². The van der Waals surface area contributed by atoms with Gasteiger partial charge in [0.15, 0.2) is 0 Å². The fourth-order valence-corrected chi connectivity index (χ4v) is 3.59. The van der Waals surface area contributed by atoms with E-state index in [4.69, 9.17) is 10.6 Å². The van der Waals surface area contributed by atoms with Gasteiger partial charge in [0.25, 0.3) is 0 Å². The van der Waals surface area contributed by atoms with Gasteiger partial charge in [-0.1, -0.05) is 42.0 Å². The van der Waals surface area contributed by atoms with Crippen molar-refractivity contribution < 1.29 is 4.74 Å². The number of thioether (sulfide) groups is 1. The molecule has 3 rings (SSSR count). The van der Waals surface area contributed by atoms with Gasteiger partial charge in [-0.2, -0.15) is 0 Å². The average Bonchev–Trinajstić information content (AvgIpc) is 2.54. The quantitative estimate of drug-likeness (QED) is 0.673. The van der Waals surface area contributed by atoms with Crippen LogP contribution >= 0.6 is 11.8 Å². The van der Waals surface area contributed by atoms with Crippen LogP contribution in [0.25, 0.3) is 0 Å². The maximum Gasteiger partial charge on any atom is 0.133 e. The zero-order chi connectivity index (χ0) is 14.7. The fourth-order valence-electron chi connectivity index (χ4n) is 2.51. The molecule has 2 unspecified atom stereocenters. The summed E-state index contributed by atoms with van der Waals surface area (Å²) in [5.74, 6) is 7.64. The van der Waals surface area contributed by atoms with E-state index in [0.29, 0.717) is 0 Å². The number of hydrogen-bond acceptors (Lipinski definition) is 4. The number of benzene rings is 2. The number of ether oxygens (including phenoxy) is 1. The lowest BCUT2D eigenvalue weighted by Crippen LogP contribution is -2.50. The fraction of sp³-hybridized carbons (Fsp3) is 0.294. The molecule has 4 heteroatoms. The Labute approximate surface area is 129 Å². The van der Waals surface area contributed by atoms with Crippen molar-refractivity contribution in [3.8, 4) is 5.75 Å². The third-order valence-electron chi connectivity index (χ3n) is 3.77. The summed E-state index contributed by atoms with van der Waals surface area (Å²) < 4.78 is 6.12. The number of nitrogens with one attached hydrogen (secondary N) is 1. The molecule has 0 bridgehead atoms. The molecule has 0 amide bonds. The Balaban J connectivity index is 1.71. The molecule has 2 atom stereocenters. The van der Waals surface area contributed by atoms with Crippen LogP contribution in [-0.4, -0.2) is 17.9 Å². The van der Waals surface area contributed by atoms with E-state index in [1.54, 1.807) is 0 Å². The Bertz CT molecular complexity index is 600. The summed E-state index contributed by atoms with van der Waals surface area (Å²) in [6, 6.07) is 16.9. The molecule has 0 spiro atoms. The van der Waals surface area contributed by atoms with Crippen LogP contribution < -0.4 is 16.0 Å². The number of para-hydroxylation sites is 1. The predicted molar refractivity (Wildman–Crippen MR) is 87.6 cm³/mol. The summed E-state index contributed by atoms with van der Waals surface area (Å²) in [6.45, 7) is 2.10. The minimum atomic E-state index is 0.0798. The number of nitrogens with two attached hydrogens (primary N) is 1. The number of fused-ring (bicyclic) bond motifs is 1. The number of rotatable bonds is 4. The topological polar surface area (TPSA) is 47.3 Å². The van der Waals surface area contributed by atoms with Gasteiger partial charge in [0.2, 0.25) is 0 Å². The van der Waals surface area contributed by atoms with E-state index in [0.717, 1.165) is 17.9 Å². The molecule has 21 heavy (non-hydrogen) atoms. The van der Waals surface area contributed by atoms with E-state index < -0.39 is 0 Å². The van der Waals surface area contributed by atoms with Gasteiger partial charge in [0.1, 0.15) is 11.9 Å². The summed E-state index contributed by atoms with van der Waals surface area (Å²) in [5.41, 5.74) is 5.47. The molecule has 1 aliphatic rings. The van der Waals surface area contributed by atoms with Crippen LogP contribution in [0.15, 0.2) is 53.4 Å². The van der Waals surface area contributed by atoms with Crippen LogP contribution in [0.1, 0.15) is 11.1 Å². The molecule has 0 aliphatic carbocycles. The van der Waals surface area contributed by atoms with E-state index in [2.05, 4.69) is 42.7 Å². The highest BCUT2D eigenvalue weighted by Gasteiger charge is 2.27. The predicted octanol–water partition coefficient (Wildman–Crippen LogP) is 2.92. The Morgan fingerprint density at radius 1 is 1.24 bits per heavy atom. The van der Waals surface area contributed by atoms with Crippen LogP contribution in [0.2, 0.25) is 0 Å². The number of aryl methyl sites for hydroxylation is 1. The van der Waals surface area contributed by atoms with Crippen molar-refractivity contribution in [2.45, 2.75) is 30.4 Å². The van der Waals surface area contributed by atoms with Crippen LogP contribution in [0, 0.1) is 6.92 Å². The Morgan fingerprint density at radius 3 is 2.76 bits per heavy atom. The summed E-state index contributed by atoms with van der Waals surface area (Å²) in [5, 5.41) is 0. The monoisotopic (exact) mass is 300 g/mol. The van der Waals surface area contributed by atoms with Crippen molar-refractivity contribution in [2.75, 3.05) is 5.75 Å². The summed E-state index contributed by atoms with van der Waals surface area (Å²) in [4.78, 5) is 1.21. The first kappa shape index (κ1) is 14.4. The Hall–Kier alpha value is -1.49. The first-order chi connectivity index (χ1) is 10.3. The van der Waals surface area contributed by atoms with Gasteiger partial charge in [-0.25, -0.2) is 0 Å². The average molecular weight is 300 g/mol. The molecule has 3 N–H and O–H groups in total. The highest BCUT2D eigenvalue weighted by atomic mass is 32.2. The minimum absolute atomic E-state index is 0.0798. The van der Waals surface area contributed by atoms with Gasteiger partial charge in [-0.15, -0.1) is 11.8 Å². The summed E-state index contributed by atoms with van der Waals surface area (Å²) in [6.07, 6.45) is 0.945. The zero-order valence-electron chi connectivity index (χ0n) is 12.1. The molecule has 0 radical (unpaired) electrons. The SMILES string of the molecule is Cc1ccc(CC(NN)C2CSc3ccccc3O2)cc1. The molecule has 1 aliphatic heterocycles. The maximum atomic E-state index is 6.12. The lowest BCUT2D eigenvalue weighted by molar-refractivity contribution is 0.165. The van der Waals surface area contributed by atoms with E-state index in [1.165, 1.54) is 16.0 Å². The van der Waals surface area contributed by atoms with Crippen LogP contribution in [0.4, 0.5) is 0 Å². The van der Waals surface area contributed by atoms with Crippen LogP contribution in [0.5, 0.6) is 5.75 Å². The highest BCUT2D eigenvalue weighted by Crippen LogP contribution is 2.35. The van der Waals surface area contributed by atoms with E-state index in [1.807, 2.05) is 30.0 Å². The lowest BCUT2D eigenvalue weighted by Gasteiger charge is -2.31. The second-order valence-corrected chi connectivity index (χ2v) is 6.44. The van der Waals surface area contributed by atoms with Gasteiger partial charge < -0.3 is 4.74 Å². The second kappa shape index (κ2) is 6.52. The highest BCUT2D eigenvalue weighted by molar-refractivity contribution is 7.99. The third-order valence-corrected chi connectivity index (χ3v) is 4.91. The molecule has 110 valence electrons. The maximum absolute atomic E-state index is 6.12. The molecule has 0 fully saturated rings. The summed E-state index contributed by atoms with van der Waals surface area (Å²) >= 11 is 1.83. The van der Waals surface area contributed by atoms with E-state index in [9.17, 15) is 0 Å². The van der Waals surface area contributed by atoms with Gasteiger partial charge >= 0.3 is 0 Å². The standard InChI is InChI=1S/C17H20N2OS/c1-12-6-8-13(9-7-12)10-14(19-18)16-11-21-17-5-3-2-4-15(17)20-16/h2-9,14,16,19H,10-11,18H2,1H3. The number of hydrogen-bond donors (Lipinski definition) is 2. The van der Waals surface area contributed by atoms with E-state index >= 15 is 0 Å². The molecule has 0 saturated carbocycles. The Kier molecular flexibility index (Phi) is 4.48. The largest absolute Gasteiger partial charge is 0.487 e. The lowest BCUT2D eigenvalue weighted by atomic mass is 10.0. The Morgan fingerprint density at radius 2 is 2.00 bits per heavy atom. The van der Waals surface area contributed by atoms with Crippen LogP contribution in [0.3, 0.4) is 0 Å². The van der Waals surface area contributed by atoms with Crippen molar-refractivity contribution in [2.24, 2.45) is 5.84 Å². The molecule has 0 saturated heterocycles. The van der Waals surface area contributed by atoms with Crippen molar-refractivity contribution in [3.05, 3.63) is 59.7 Å². The smallest absolute Gasteiger partial charge is 0.133 e. The molecular formula is C17H20N2OS. The molecule has 0 aromatic heterocycles. The van der Waals surface area contributed by atoms with E-state index in [-0.39, 0.29) is 12.1 Å². The zero-order valence-corrected chi connectivity index (χ0v) is 12.9. The van der Waals surface area contributed by atoms with Gasteiger partial charge in [-0.3, -0.25) is 11.3 Å². The molecular weight excluding hydrogens is 280 g/mol. The van der Waals surface area contributed by atoms with Gasteiger partial charge in [-0.05, 0) is 31.0 Å². The first-order valence-electron chi connectivity index (χ1n) is 7.16. The molecule has 3 nitrogen and oxygen atoms in total. The number of hydrazine groups is 1. The van der Waals surface area contributed by atoms with Crippen molar-refractivity contribution in [1.82, 2.24) is 5.43 Å². The van der Waals surface area contributed by atoms with Gasteiger partial charge in [0, 0.05) is 10.6 Å². The van der Waals surface area contributed by atoms with Crippen molar-refractivity contribution in [1.29, 1.82) is 0 Å².